The van der Waals surface area contributed by atoms with E-state index in [0.29, 0.717) is 0 Å². The van der Waals surface area contributed by atoms with Crippen molar-refractivity contribution in [1.29, 1.82) is 0 Å². The molecule has 1 aromatic rings. The smallest absolute Gasteiger partial charge is 0.119 e. The molecule has 2 heteroatoms. The molecule has 0 saturated heterocycles. The van der Waals surface area contributed by atoms with Gasteiger partial charge in [-0.2, -0.15) is 0 Å². The first-order chi connectivity index (χ1) is 9.76. The Morgan fingerprint density at radius 3 is 2.60 bits per heavy atom. The second-order valence-corrected chi connectivity index (χ2v) is 6.69. The SMILES string of the molecule is CCCOc1ccc(C(N)CC2CC3CCC2C3)cc1. The molecule has 2 nitrogen and oxygen atoms in total. The normalized spacial score (nSPS) is 29.6. The van der Waals surface area contributed by atoms with Crippen molar-refractivity contribution in [1.82, 2.24) is 0 Å². The van der Waals surface area contributed by atoms with E-state index in [1.807, 2.05) is 0 Å². The fourth-order valence-corrected chi connectivity index (χ4v) is 4.16. The lowest BCUT2D eigenvalue weighted by atomic mass is 9.83. The fourth-order valence-electron chi connectivity index (χ4n) is 4.16. The number of hydrogen-bond donors (Lipinski definition) is 1. The molecule has 2 saturated carbocycles. The van der Waals surface area contributed by atoms with Gasteiger partial charge in [0.05, 0.1) is 6.61 Å². The summed E-state index contributed by atoms with van der Waals surface area (Å²) in [5.41, 5.74) is 7.68. The molecule has 2 N–H and O–H groups in total. The van der Waals surface area contributed by atoms with Crippen molar-refractivity contribution in [2.24, 2.45) is 23.5 Å². The molecule has 0 heterocycles. The summed E-state index contributed by atoms with van der Waals surface area (Å²) in [5, 5.41) is 0. The average Bonchev–Trinajstić information content (AvgIpc) is 3.08. The molecule has 0 aromatic heterocycles. The molecule has 2 aliphatic carbocycles. The summed E-state index contributed by atoms with van der Waals surface area (Å²) in [5.74, 6) is 3.82. The Morgan fingerprint density at radius 2 is 2.00 bits per heavy atom. The van der Waals surface area contributed by atoms with Gasteiger partial charge >= 0.3 is 0 Å². The van der Waals surface area contributed by atoms with Crippen molar-refractivity contribution < 1.29 is 4.74 Å². The van der Waals surface area contributed by atoms with Crippen LogP contribution in [0.5, 0.6) is 5.75 Å². The number of fused-ring (bicyclic) bond motifs is 2. The van der Waals surface area contributed by atoms with Gasteiger partial charge in [-0.1, -0.05) is 25.5 Å². The summed E-state index contributed by atoms with van der Waals surface area (Å²) in [6, 6.07) is 8.60. The summed E-state index contributed by atoms with van der Waals surface area (Å²) in [6.45, 7) is 2.91. The number of hydrogen-bond acceptors (Lipinski definition) is 2. The first kappa shape index (κ1) is 13.9. The van der Waals surface area contributed by atoms with Crippen LogP contribution < -0.4 is 10.5 Å². The van der Waals surface area contributed by atoms with Gasteiger partial charge in [0.25, 0.3) is 0 Å². The third kappa shape index (κ3) is 3.01. The number of benzene rings is 1. The molecular weight excluding hydrogens is 246 g/mol. The van der Waals surface area contributed by atoms with Gasteiger partial charge in [0.15, 0.2) is 0 Å². The summed E-state index contributed by atoms with van der Waals surface area (Å²) in [4.78, 5) is 0. The van der Waals surface area contributed by atoms with E-state index in [-0.39, 0.29) is 6.04 Å². The Morgan fingerprint density at radius 1 is 1.20 bits per heavy atom. The fraction of sp³-hybridized carbons (Fsp3) is 0.667. The molecule has 2 fully saturated rings. The van der Waals surface area contributed by atoms with E-state index in [1.54, 1.807) is 0 Å². The molecule has 2 aliphatic rings. The molecule has 0 amide bonds. The van der Waals surface area contributed by atoms with Crippen LogP contribution >= 0.6 is 0 Å². The first-order valence-electron chi connectivity index (χ1n) is 8.24. The van der Waals surface area contributed by atoms with Crippen LogP contribution in [-0.4, -0.2) is 6.61 Å². The standard InChI is InChI=1S/C18H27NO/c1-2-9-20-17-7-5-14(6-8-17)18(19)12-16-11-13-3-4-15(16)10-13/h5-8,13,15-16,18H,2-4,9-12,19H2,1H3. The van der Waals surface area contributed by atoms with Gasteiger partial charge in [-0.05, 0) is 67.6 Å². The van der Waals surface area contributed by atoms with Crippen LogP contribution in [0.15, 0.2) is 24.3 Å². The number of nitrogens with two attached hydrogens (primary N) is 1. The molecule has 110 valence electrons. The zero-order valence-corrected chi connectivity index (χ0v) is 12.6. The Kier molecular flexibility index (Phi) is 4.30. The Labute approximate surface area is 122 Å². The third-order valence-corrected chi connectivity index (χ3v) is 5.22. The summed E-state index contributed by atoms with van der Waals surface area (Å²) in [7, 11) is 0. The molecule has 4 unspecified atom stereocenters. The van der Waals surface area contributed by atoms with Crippen LogP contribution in [0.1, 0.15) is 57.1 Å². The topological polar surface area (TPSA) is 35.2 Å². The first-order valence-corrected chi connectivity index (χ1v) is 8.24. The van der Waals surface area contributed by atoms with Crippen LogP contribution in [-0.2, 0) is 0 Å². The van der Waals surface area contributed by atoms with E-state index >= 15 is 0 Å². The van der Waals surface area contributed by atoms with Crippen molar-refractivity contribution in [2.45, 2.75) is 51.5 Å². The van der Waals surface area contributed by atoms with Crippen molar-refractivity contribution in [3.63, 3.8) is 0 Å². The van der Waals surface area contributed by atoms with Gasteiger partial charge in [0, 0.05) is 6.04 Å². The molecule has 2 bridgehead atoms. The molecule has 0 radical (unpaired) electrons. The van der Waals surface area contributed by atoms with Crippen molar-refractivity contribution in [2.75, 3.05) is 6.61 Å². The molecule has 1 aromatic carbocycles. The lowest BCUT2D eigenvalue weighted by Gasteiger charge is -2.25. The second kappa shape index (κ2) is 6.17. The number of rotatable bonds is 6. The van der Waals surface area contributed by atoms with Crippen LogP contribution in [0.2, 0.25) is 0 Å². The molecule has 4 atom stereocenters. The zero-order valence-electron chi connectivity index (χ0n) is 12.6. The summed E-state index contributed by atoms with van der Waals surface area (Å²) in [6.07, 6.45) is 8.03. The monoisotopic (exact) mass is 273 g/mol. The minimum atomic E-state index is 0.194. The highest BCUT2D eigenvalue weighted by Crippen LogP contribution is 2.50. The van der Waals surface area contributed by atoms with E-state index in [4.69, 9.17) is 10.5 Å². The summed E-state index contributed by atoms with van der Waals surface area (Å²) < 4.78 is 5.62. The predicted octanol–water partition coefficient (Wildman–Crippen LogP) is 4.30. The minimum absolute atomic E-state index is 0.194. The Bertz CT molecular complexity index is 428. The van der Waals surface area contributed by atoms with Gasteiger partial charge in [0.1, 0.15) is 5.75 Å². The number of ether oxygens (including phenoxy) is 1. The van der Waals surface area contributed by atoms with Crippen LogP contribution in [0, 0.1) is 17.8 Å². The maximum Gasteiger partial charge on any atom is 0.119 e. The molecule has 0 spiro atoms. The van der Waals surface area contributed by atoms with Crippen LogP contribution in [0.4, 0.5) is 0 Å². The Balaban J connectivity index is 1.55. The van der Waals surface area contributed by atoms with Crippen LogP contribution in [0.3, 0.4) is 0 Å². The van der Waals surface area contributed by atoms with E-state index in [1.165, 1.54) is 31.2 Å². The minimum Gasteiger partial charge on any atom is -0.494 e. The van der Waals surface area contributed by atoms with E-state index in [0.717, 1.165) is 43.0 Å². The third-order valence-electron chi connectivity index (χ3n) is 5.22. The average molecular weight is 273 g/mol. The second-order valence-electron chi connectivity index (χ2n) is 6.69. The van der Waals surface area contributed by atoms with E-state index in [2.05, 4.69) is 31.2 Å². The quantitative estimate of drug-likeness (QED) is 0.838. The van der Waals surface area contributed by atoms with Crippen LogP contribution in [0.25, 0.3) is 0 Å². The van der Waals surface area contributed by atoms with Crippen molar-refractivity contribution >= 4 is 0 Å². The molecular formula is C18H27NO. The van der Waals surface area contributed by atoms with Gasteiger partial charge in [-0.3, -0.25) is 0 Å². The lowest BCUT2D eigenvalue weighted by molar-refractivity contribution is 0.296. The highest BCUT2D eigenvalue weighted by Gasteiger charge is 2.39. The molecule has 3 rings (SSSR count). The largest absolute Gasteiger partial charge is 0.494 e. The molecule has 0 aliphatic heterocycles. The Hall–Kier alpha value is -1.02. The van der Waals surface area contributed by atoms with E-state index < -0.39 is 0 Å². The van der Waals surface area contributed by atoms with Gasteiger partial charge in [-0.25, -0.2) is 0 Å². The predicted molar refractivity (Wildman–Crippen MR) is 82.7 cm³/mol. The maximum absolute atomic E-state index is 6.42. The van der Waals surface area contributed by atoms with Crippen molar-refractivity contribution in [3.8, 4) is 5.75 Å². The maximum atomic E-state index is 6.42. The highest BCUT2D eigenvalue weighted by atomic mass is 16.5. The summed E-state index contributed by atoms with van der Waals surface area (Å²) >= 11 is 0. The zero-order chi connectivity index (χ0) is 13.9. The van der Waals surface area contributed by atoms with E-state index in [9.17, 15) is 0 Å². The molecule has 20 heavy (non-hydrogen) atoms. The van der Waals surface area contributed by atoms with Gasteiger partial charge in [0.2, 0.25) is 0 Å². The van der Waals surface area contributed by atoms with Gasteiger partial charge in [-0.15, -0.1) is 0 Å². The highest BCUT2D eigenvalue weighted by molar-refractivity contribution is 5.29. The van der Waals surface area contributed by atoms with Gasteiger partial charge < -0.3 is 10.5 Å². The van der Waals surface area contributed by atoms with Crippen molar-refractivity contribution in [3.05, 3.63) is 29.8 Å². The lowest BCUT2D eigenvalue weighted by Crippen LogP contribution is -2.19.